The highest BCUT2D eigenvalue weighted by molar-refractivity contribution is 6.74. The maximum absolute atomic E-state index is 12.8. The Kier molecular flexibility index (Phi) is 4.28. The average molecular weight is 311 g/mol. The summed E-state index contributed by atoms with van der Waals surface area (Å²) < 4.78 is 6.40. The zero-order chi connectivity index (χ0) is 16.1. The summed E-state index contributed by atoms with van der Waals surface area (Å²) in [5.74, 6) is 0.327. The van der Waals surface area contributed by atoms with Gasteiger partial charge in [-0.15, -0.1) is 0 Å². The fourth-order valence-electron chi connectivity index (χ4n) is 3.17. The number of fused-ring (bicyclic) bond motifs is 1. The lowest BCUT2D eigenvalue weighted by atomic mass is 9.90. The van der Waals surface area contributed by atoms with E-state index in [-0.39, 0.29) is 10.8 Å². The van der Waals surface area contributed by atoms with Crippen molar-refractivity contribution in [1.29, 1.82) is 0 Å². The molecule has 2 aliphatic rings. The van der Waals surface area contributed by atoms with Crippen molar-refractivity contribution in [2.24, 2.45) is 5.92 Å². The van der Waals surface area contributed by atoms with Crippen LogP contribution in [0.3, 0.4) is 0 Å². The summed E-state index contributed by atoms with van der Waals surface area (Å²) >= 11 is 0. The highest BCUT2D eigenvalue weighted by atomic mass is 28.4. The first-order valence-corrected chi connectivity index (χ1v) is 11.0. The number of aliphatic hydroxyl groups excluding tert-OH is 1. The molecule has 4 heteroatoms. The van der Waals surface area contributed by atoms with Crippen molar-refractivity contribution in [3.8, 4) is 0 Å². The molecule has 2 rings (SSSR count). The number of rotatable bonds is 2. The molecule has 21 heavy (non-hydrogen) atoms. The molecule has 1 fully saturated rings. The number of hydrogen-bond acceptors (Lipinski definition) is 3. The zero-order valence-electron chi connectivity index (χ0n) is 14.3. The maximum Gasteiger partial charge on any atom is 0.193 e. The van der Waals surface area contributed by atoms with Crippen LogP contribution in [0.2, 0.25) is 18.1 Å². The van der Waals surface area contributed by atoms with Crippen LogP contribution in [0, 0.1) is 5.92 Å². The van der Waals surface area contributed by atoms with Gasteiger partial charge >= 0.3 is 0 Å². The molecule has 0 aromatic heterocycles. The van der Waals surface area contributed by atoms with Crippen LogP contribution in [0.4, 0.5) is 0 Å². The van der Waals surface area contributed by atoms with Crippen molar-refractivity contribution in [1.82, 2.24) is 0 Å². The van der Waals surface area contributed by atoms with E-state index in [2.05, 4.69) is 33.9 Å². The average Bonchev–Trinajstić information content (AvgIpc) is 2.70. The van der Waals surface area contributed by atoms with E-state index in [0.717, 1.165) is 19.3 Å². The van der Waals surface area contributed by atoms with Gasteiger partial charge in [-0.1, -0.05) is 26.3 Å². The molecule has 0 saturated heterocycles. The van der Waals surface area contributed by atoms with Crippen LogP contribution in [0.25, 0.3) is 0 Å². The highest BCUT2D eigenvalue weighted by Crippen LogP contribution is 2.44. The number of allylic oxidation sites excluding steroid dienone is 1. The highest BCUT2D eigenvalue weighted by Gasteiger charge is 2.51. The van der Waals surface area contributed by atoms with Gasteiger partial charge in [0.25, 0.3) is 0 Å². The van der Waals surface area contributed by atoms with E-state index in [0.29, 0.717) is 12.3 Å². The topological polar surface area (TPSA) is 46.5 Å². The number of carbonyl (C=O) groups excluding carboxylic acids is 1. The van der Waals surface area contributed by atoms with E-state index < -0.39 is 20.0 Å². The van der Waals surface area contributed by atoms with Crippen molar-refractivity contribution in [2.75, 3.05) is 0 Å². The molecule has 0 aromatic carbocycles. The van der Waals surface area contributed by atoms with Gasteiger partial charge in [0.1, 0.15) is 5.60 Å². The molecule has 0 bridgehead atoms. The summed E-state index contributed by atoms with van der Waals surface area (Å²) in [6.45, 7) is 12.5. The minimum Gasteiger partial charge on any atom is -0.402 e. The summed E-state index contributed by atoms with van der Waals surface area (Å²) in [5.41, 5.74) is 0.141. The number of ketones is 1. The number of aliphatic hydroxyl groups is 1. The third-order valence-corrected chi connectivity index (χ3v) is 10.3. The monoisotopic (exact) mass is 310 g/mol. The van der Waals surface area contributed by atoms with Crippen LogP contribution >= 0.6 is 0 Å². The normalized spacial score (nSPS) is 34.4. The summed E-state index contributed by atoms with van der Waals surface area (Å²) in [6.07, 6.45) is 4.95. The first-order chi connectivity index (χ1) is 9.47. The summed E-state index contributed by atoms with van der Waals surface area (Å²) in [4.78, 5) is 12.8. The van der Waals surface area contributed by atoms with Crippen molar-refractivity contribution in [3.63, 3.8) is 0 Å². The second-order valence-corrected chi connectivity index (χ2v) is 13.1. The van der Waals surface area contributed by atoms with Crippen LogP contribution in [0.15, 0.2) is 11.6 Å². The van der Waals surface area contributed by atoms with E-state index in [1.165, 1.54) is 5.57 Å². The quantitative estimate of drug-likeness (QED) is 0.789. The third kappa shape index (κ3) is 3.03. The Balaban J connectivity index is 2.32. The minimum atomic E-state index is -2.12. The molecule has 120 valence electrons. The van der Waals surface area contributed by atoms with Crippen molar-refractivity contribution >= 4 is 14.1 Å². The number of carbonyl (C=O) groups is 1. The fourth-order valence-corrected chi connectivity index (χ4v) is 4.78. The first-order valence-electron chi connectivity index (χ1n) is 8.10. The van der Waals surface area contributed by atoms with E-state index in [1.807, 2.05) is 0 Å². The predicted octanol–water partition coefficient (Wildman–Crippen LogP) is 3.83. The smallest absolute Gasteiger partial charge is 0.193 e. The Bertz CT molecular complexity index is 461. The van der Waals surface area contributed by atoms with Gasteiger partial charge in [0.2, 0.25) is 0 Å². The SMILES string of the molecule is CC(C)(C)[Si](C)(C)O[C@@]1(C)C(=O)C=C2CCC[C@@H]2C[C@@H]1O. The van der Waals surface area contributed by atoms with Crippen LogP contribution < -0.4 is 0 Å². The molecule has 0 radical (unpaired) electrons. The van der Waals surface area contributed by atoms with E-state index in [4.69, 9.17) is 4.43 Å². The Morgan fingerprint density at radius 1 is 1.38 bits per heavy atom. The van der Waals surface area contributed by atoms with Gasteiger partial charge in [0.15, 0.2) is 14.1 Å². The van der Waals surface area contributed by atoms with Crippen LogP contribution in [0.1, 0.15) is 53.4 Å². The van der Waals surface area contributed by atoms with Crippen LogP contribution in [-0.4, -0.2) is 30.9 Å². The standard InChI is InChI=1S/C17H30O3Si/c1-16(2,3)21(5,6)20-17(4)14(18)10-12-8-7-9-13(12)11-15(17)19/h10,13,15,19H,7-9,11H2,1-6H3/t13-,15+,17+/m1/s1. The second kappa shape index (κ2) is 5.32. The zero-order valence-corrected chi connectivity index (χ0v) is 15.3. The molecule has 0 aliphatic heterocycles. The molecule has 3 nitrogen and oxygen atoms in total. The van der Waals surface area contributed by atoms with Gasteiger partial charge in [-0.2, -0.15) is 0 Å². The van der Waals surface area contributed by atoms with Crippen molar-refractivity contribution < 1.29 is 14.3 Å². The lowest BCUT2D eigenvalue weighted by molar-refractivity contribution is -0.140. The molecular weight excluding hydrogens is 280 g/mol. The lowest BCUT2D eigenvalue weighted by Gasteiger charge is -2.44. The molecule has 0 aromatic rings. The summed E-state index contributed by atoms with van der Waals surface area (Å²) in [7, 11) is -2.12. The lowest BCUT2D eigenvalue weighted by Crippen LogP contribution is -2.57. The van der Waals surface area contributed by atoms with Gasteiger partial charge in [-0.3, -0.25) is 4.79 Å². The molecule has 0 heterocycles. The molecule has 0 spiro atoms. The summed E-state index contributed by atoms with van der Waals surface area (Å²) in [6, 6.07) is 0. The second-order valence-electron chi connectivity index (χ2n) is 8.39. The molecular formula is C17H30O3Si. The molecule has 1 N–H and O–H groups in total. The minimum absolute atomic E-state index is 0.0192. The van der Waals surface area contributed by atoms with Gasteiger partial charge in [-0.05, 0) is 62.7 Å². The number of hydrogen-bond donors (Lipinski definition) is 1. The Morgan fingerprint density at radius 3 is 2.57 bits per heavy atom. The predicted molar refractivity (Wildman–Crippen MR) is 87.7 cm³/mol. The Morgan fingerprint density at radius 2 is 2.00 bits per heavy atom. The Labute approximate surface area is 129 Å². The molecule has 0 unspecified atom stereocenters. The Hall–Kier alpha value is -0.453. The molecule has 1 saturated carbocycles. The maximum atomic E-state index is 12.8. The third-order valence-electron chi connectivity index (χ3n) is 5.77. The van der Waals surface area contributed by atoms with Crippen molar-refractivity contribution in [2.45, 2.75) is 83.2 Å². The van der Waals surface area contributed by atoms with Crippen LogP contribution in [0.5, 0.6) is 0 Å². The van der Waals surface area contributed by atoms with Gasteiger partial charge in [-0.25, -0.2) is 0 Å². The van der Waals surface area contributed by atoms with E-state index >= 15 is 0 Å². The first kappa shape index (κ1) is 16.9. The van der Waals surface area contributed by atoms with Gasteiger partial charge in [0.05, 0.1) is 6.10 Å². The van der Waals surface area contributed by atoms with Crippen LogP contribution in [-0.2, 0) is 9.22 Å². The van der Waals surface area contributed by atoms with Crippen molar-refractivity contribution in [3.05, 3.63) is 11.6 Å². The molecule has 2 aliphatic carbocycles. The van der Waals surface area contributed by atoms with Gasteiger partial charge < -0.3 is 9.53 Å². The van der Waals surface area contributed by atoms with E-state index in [9.17, 15) is 9.90 Å². The summed E-state index contributed by atoms with van der Waals surface area (Å²) in [5, 5.41) is 10.7. The molecule has 0 amide bonds. The van der Waals surface area contributed by atoms with Gasteiger partial charge in [0, 0.05) is 0 Å². The van der Waals surface area contributed by atoms with E-state index in [1.54, 1.807) is 13.0 Å². The molecule has 3 atom stereocenters. The fraction of sp³-hybridized carbons (Fsp3) is 0.824. The largest absolute Gasteiger partial charge is 0.402 e.